The van der Waals surface area contributed by atoms with Crippen molar-refractivity contribution in [1.29, 1.82) is 0 Å². The lowest BCUT2D eigenvalue weighted by Crippen LogP contribution is -2.15. The molecule has 96 valence electrons. The zero-order chi connectivity index (χ0) is 13.2. The number of nitrogens with zero attached hydrogens (tertiary/aromatic N) is 1. The number of alkyl halides is 3. The fourth-order valence-electron chi connectivity index (χ4n) is 1.63. The minimum Gasteiger partial charge on any atom is -0.396 e. The van der Waals surface area contributed by atoms with Crippen molar-refractivity contribution >= 4 is 5.69 Å². The number of aliphatic hydroxyl groups excluding tert-OH is 1. The summed E-state index contributed by atoms with van der Waals surface area (Å²) in [5.74, 6) is -0.324. The third-order valence-corrected chi connectivity index (χ3v) is 2.64. The Hall–Kier alpha value is -1.23. The van der Waals surface area contributed by atoms with E-state index in [9.17, 15) is 13.2 Å². The van der Waals surface area contributed by atoms with Crippen molar-refractivity contribution in [2.75, 3.05) is 25.6 Å². The second-order valence-electron chi connectivity index (χ2n) is 4.25. The lowest BCUT2D eigenvalue weighted by Gasteiger charge is -2.22. The highest BCUT2D eigenvalue weighted by Gasteiger charge is 2.31. The van der Waals surface area contributed by atoms with Gasteiger partial charge in [0.2, 0.25) is 0 Å². The second-order valence-corrected chi connectivity index (χ2v) is 4.25. The van der Waals surface area contributed by atoms with E-state index >= 15 is 0 Å². The van der Waals surface area contributed by atoms with Crippen LogP contribution in [0.1, 0.15) is 24.0 Å². The number of hydrogen-bond acceptors (Lipinski definition) is 2. The monoisotopic (exact) mass is 247 g/mol. The van der Waals surface area contributed by atoms with Gasteiger partial charge in [0.15, 0.2) is 0 Å². The number of benzene rings is 1. The van der Waals surface area contributed by atoms with Gasteiger partial charge in [0.25, 0.3) is 0 Å². The molecule has 0 aliphatic rings. The number of halogens is 3. The first kappa shape index (κ1) is 13.8. The molecule has 0 aliphatic carbocycles. The maximum absolute atomic E-state index is 12.6. The van der Waals surface area contributed by atoms with Gasteiger partial charge in [-0.2, -0.15) is 13.2 Å². The third kappa shape index (κ3) is 3.12. The summed E-state index contributed by atoms with van der Waals surface area (Å²) >= 11 is 0. The molecule has 5 heteroatoms. The Labute approximate surface area is 98.7 Å². The molecule has 0 saturated heterocycles. The van der Waals surface area contributed by atoms with Gasteiger partial charge in [-0.25, -0.2) is 0 Å². The summed E-state index contributed by atoms with van der Waals surface area (Å²) in [5.41, 5.74) is 0.519. The van der Waals surface area contributed by atoms with Crippen LogP contribution < -0.4 is 4.90 Å². The van der Waals surface area contributed by atoms with E-state index in [2.05, 4.69) is 0 Å². The minimum absolute atomic E-state index is 0.178. The van der Waals surface area contributed by atoms with E-state index in [-0.39, 0.29) is 12.5 Å². The van der Waals surface area contributed by atoms with Gasteiger partial charge in [-0.15, -0.1) is 0 Å². The minimum atomic E-state index is -4.35. The van der Waals surface area contributed by atoms with Crippen LogP contribution in [0.15, 0.2) is 18.2 Å². The molecular weight excluding hydrogens is 231 g/mol. The van der Waals surface area contributed by atoms with Crippen LogP contribution in [-0.2, 0) is 6.18 Å². The number of anilines is 1. The zero-order valence-corrected chi connectivity index (χ0v) is 10.0. The van der Waals surface area contributed by atoms with Crippen molar-refractivity contribution in [1.82, 2.24) is 0 Å². The smallest absolute Gasteiger partial charge is 0.396 e. The fourth-order valence-corrected chi connectivity index (χ4v) is 1.63. The van der Waals surface area contributed by atoms with Gasteiger partial charge in [-0.1, -0.05) is 6.92 Å². The zero-order valence-electron chi connectivity index (χ0n) is 10.0. The van der Waals surface area contributed by atoms with Crippen LogP contribution in [0.25, 0.3) is 0 Å². The summed E-state index contributed by atoms with van der Waals surface area (Å²) in [6, 6.07) is 3.60. The normalized spacial score (nSPS) is 13.6. The summed E-state index contributed by atoms with van der Waals surface area (Å²) in [4.78, 5) is 1.74. The summed E-state index contributed by atoms with van der Waals surface area (Å²) < 4.78 is 37.8. The summed E-state index contributed by atoms with van der Waals surface area (Å²) in [6.07, 6.45) is -4.35. The van der Waals surface area contributed by atoms with Crippen molar-refractivity contribution in [2.24, 2.45) is 0 Å². The number of hydrogen-bond donors (Lipinski definition) is 1. The Bertz CT molecular complexity index is 388. The molecule has 1 aromatic rings. The fraction of sp³-hybridized carbons (Fsp3) is 0.500. The third-order valence-electron chi connectivity index (χ3n) is 2.64. The molecule has 0 bridgehead atoms. The van der Waals surface area contributed by atoms with Crippen molar-refractivity contribution in [3.63, 3.8) is 0 Å². The first-order valence-corrected chi connectivity index (χ1v) is 5.26. The first-order valence-electron chi connectivity index (χ1n) is 5.26. The molecular formula is C12H16F3NO. The van der Waals surface area contributed by atoms with Gasteiger partial charge in [0.05, 0.1) is 5.56 Å². The molecule has 0 spiro atoms. The lowest BCUT2D eigenvalue weighted by molar-refractivity contribution is -0.137. The van der Waals surface area contributed by atoms with E-state index in [1.165, 1.54) is 6.07 Å². The Morgan fingerprint density at radius 2 is 1.88 bits per heavy atom. The van der Waals surface area contributed by atoms with E-state index in [0.29, 0.717) is 11.3 Å². The van der Waals surface area contributed by atoms with Gasteiger partial charge in [-0.05, 0) is 23.8 Å². The number of rotatable bonds is 3. The maximum Gasteiger partial charge on any atom is 0.416 e. The van der Waals surface area contributed by atoms with Crippen LogP contribution in [0.5, 0.6) is 0 Å². The molecule has 0 saturated carbocycles. The molecule has 0 fully saturated rings. The van der Waals surface area contributed by atoms with E-state index < -0.39 is 11.7 Å². The Morgan fingerprint density at radius 3 is 2.29 bits per heavy atom. The molecule has 17 heavy (non-hydrogen) atoms. The van der Waals surface area contributed by atoms with Crippen LogP contribution in [-0.4, -0.2) is 25.8 Å². The average Bonchev–Trinajstić information content (AvgIpc) is 2.25. The van der Waals surface area contributed by atoms with Crippen LogP contribution in [0.4, 0.5) is 18.9 Å². The summed E-state index contributed by atoms with van der Waals surface area (Å²) in [5, 5.41) is 9.09. The van der Waals surface area contributed by atoms with Gasteiger partial charge in [-0.3, -0.25) is 0 Å². The van der Waals surface area contributed by atoms with E-state index in [1.54, 1.807) is 25.9 Å². The highest BCUT2D eigenvalue weighted by Crippen LogP contribution is 2.35. The average molecular weight is 247 g/mol. The molecule has 0 radical (unpaired) electrons. The lowest BCUT2D eigenvalue weighted by atomic mass is 9.97. The van der Waals surface area contributed by atoms with Gasteiger partial charge in [0.1, 0.15) is 0 Å². The van der Waals surface area contributed by atoms with Crippen molar-refractivity contribution < 1.29 is 18.3 Å². The second kappa shape index (κ2) is 4.96. The SMILES string of the molecule is CC(CO)c1cc(C(F)(F)F)ccc1N(C)C. The number of aliphatic hydroxyl groups is 1. The van der Waals surface area contributed by atoms with E-state index in [4.69, 9.17) is 5.11 Å². The Morgan fingerprint density at radius 1 is 1.29 bits per heavy atom. The van der Waals surface area contributed by atoms with Crippen LogP contribution in [0.2, 0.25) is 0 Å². The van der Waals surface area contributed by atoms with Crippen molar-refractivity contribution in [2.45, 2.75) is 19.0 Å². The summed E-state index contributed by atoms with van der Waals surface area (Å²) in [6.45, 7) is 1.52. The standard InChI is InChI=1S/C12H16F3NO/c1-8(7-17)10-6-9(12(13,14)15)4-5-11(10)16(2)3/h4-6,8,17H,7H2,1-3H3. The van der Waals surface area contributed by atoms with Crippen LogP contribution in [0.3, 0.4) is 0 Å². The highest BCUT2D eigenvalue weighted by molar-refractivity contribution is 5.56. The largest absolute Gasteiger partial charge is 0.416 e. The predicted octanol–water partition coefficient (Wildman–Crippen LogP) is 2.87. The molecule has 0 aliphatic heterocycles. The van der Waals surface area contributed by atoms with Gasteiger partial charge < -0.3 is 10.0 Å². The molecule has 0 heterocycles. The van der Waals surface area contributed by atoms with E-state index in [1.807, 2.05) is 0 Å². The van der Waals surface area contributed by atoms with E-state index in [0.717, 1.165) is 12.1 Å². The van der Waals surface area contributed by atoms with Crippen molar-refractivity contribution in [3.8, 4) is 0 Å². The van der Waals surface area contributed by atoms with Crippen LogP contribution >= 0.6 is 0 Å². The molecule has 1 atom stereocenters. The molecule has 1 unspecified atom stereocenters. The molecule has 1 rings (SSSR count). The molecule has 1 aromatic carbocycles. The topological polar surface area (TPSA) is 23.5 Å². The van der Waals surface area contributed by atoms with Gasteiger partial charge >= 0.3 is 6.18 Å². The quantitative estimate of drug-likeness (QED) is 0.887. The molecule has 2 nitrogen and oxygen atoms in total. The predicted molar refractivity (Wildman–Crippen MR) is 61.3 cm³/mol. The maximum atomic E-state index is 12.6. The molecule has 0 amide bonds. The van der Waals surface area contributed by atoms with Crippen LogP contribution in [0, 0.1) is 0 Å². The molecule has 1 N–H and O–H groups in total. The summed E-state index contributed by atoms with van der Waals surface area (Å²) in [7, 11) is 3.52. The molecule has 0 aromatic heterocycles. The van der Waals surface area contributed by atoms with Gasteiger partial charge in [0, 0.05) is 32.3 Å². The Balaban J connectivity index is 3.29. The highest BCUT2D eigenvalue weighted by atomic mass is 19.4. The first-order chi connectivity index (χ1) is 7.77. The van der Waals surface area contributed by atoms with Crippen molar-refractivity contribution in [3.05, 3.63) is 29.3 Å². The Kier molecular flexibility index (Phi) is 4.03.